The van der Waals surface area contributed by atoms with Crippen LogP contribution in [0.5, 0.6) is 0 Å². The van der Waals surface area contributed by atoms with E-state index in [0.29, 0.717) is 6.42 Å². The second-order valence-electron chi connectivity index (χ2n) is 6.26. The summed E-state index contributed by atoms with van der Waals surface area (Å²) in [6, 6.07) is 28.6. The first-order valence-electron chi connectivity index (χ1n) is 8.52. The highest BCUT2D eigenvalue weighted by atomic mass is 32.2. The molecular weight excluding hydrogens is 358 g/mol. The molecule has 1 amide bonds. The van der Waals surface area contributed by atoms with Gasteiger partial charge < -0.3 is 4.90 Å². The third-order valence-corrected chi connectivity index (χ3v) is 7.31. The van der Waals surface area contributed by atoms with Crippen molar-refractivity contribution in [3.05, 3.63) is 90.5 Å². The zero-order valence-corrected chi connectivity index (χ0v) is 16.1. The fraction of sp³-hybridized carbons (Fsp3) is 0.136. The van der Waals surface area contributed by atoms with E-state index < -0.39 is 4.08 Å². The zero-order valence-electron chi connectivity index (χ0n) is 14.5. The highest BCUT2D eigenvalue weighted by Crippen LogP contribution is 2.54. The first-order chi connectivity index (χ1) is 12.7. The molecule has 0 spiro atoms. The Morgan fingerprint density at radius 1 is 0.885 bits per heavy atom. The number of anilines is 1. The van der Waals surface area contributed by atoms with Gasteiger partial charge in [-0.25, -0.2) is 0 Å². The van der Waals surface area contributed by atoms with Gasteiger partial charge in [0.05, 0.1) is 5.69 Å². The topological polar surface area (TPSA) is 20.3 Å². The van der Waals surface area contributed by atoms with Crippen molar-refractivity contribution in [2.45, 2.75) is 20.3 Å². The van der Waals surface area contributed by atoms with Gasteiger partial charge in [0.15, 0.2) is 4.08 Å². The summed E-state index contributed by atoms with van der Waals surface area (Å²) in [5, 5.41) is 0. The molecule has 0 radical (unpaired) electrons. The third-order valence-electron chi connectivity index (χ3n) is 4.44. The van der Waals surface area contributed by atoms with Crippen LogP contribution in [0.25, 0.3) is 0 Å². The largest absolute Gasteiger partial charge is 0.312 e. The molecule has 1 heterocycles. The van der Waals surface area contributed by atoms with Gasteiger partial charge in [-0.05, 0) is 29.8 Å². The highest BCUT2D eigenvalue weighted by Gasteiger charge is 2.47. The number of amides is 1. The van der Waals surface area contributed by atoms with E-state index in [1.165, 1.54) is 5.56 Å². The predicted octanol–water partition coefficient (Wildman–Crippen LogP) is 5.49. The van der Waals surface area contributed by atoms with Crippen LogP contribution in [0.15, 0.2) is 94.7 Å². The molecule has 2 nitrogen and oxygen atoms in total. The van der Waals surface area contributed by atoms with E-state index in [-0.39, 0.29) is 5.91 Å². The maximum absolute atomic E-state index is 13.5. The van der Waals surface area contributed by atoms with Crippen molar-refractivity contribution in [3.8, 4) is 0 Å². The average molecular weight is 378 g/mol. The van der Waals surface area contributed by atoms with Gasteiger partial charge in [-0.15, -0.1) is 0 Å². The maximum atomic E-state index is 13.5. The first-order valence-corrected chi connectivity index (χ1v) is 10.2. The molecule has 4 heteroatoms. The number of fused-ring (bicyclic) bond motifs is 1. The summed E-state index contributed by atoms with van der Waals surface area (Å²) in [4.78, 5) is 17.6. The molecule has 1 aliphatic rings. The number of thioether (sulfide) groups is 2. The molecule has 4 rings (SSSR count). The SMILES string of the molecule is CN1C(=O)C(Cc2ccccc2)(Sc2ccccc2)Sc2ccccc21. The molecular formula is C22H19NOS2. The first kappa shape index (κ1) is 17.3. The van der Waals surface area contributed by atoms with Crippen molar-refractivity contribution in [3.63, 3.8) is 0 Å². The average Bonchev–Trinajstić information content (AvgIpc) is 2.68. The third kappa shape index (κ3) is 3.27. The molecule has 1 aliphatic heterocycles. The Hall–Kier alpha value is -2.17. The van der Waals surface area contributed by atoms with Crippen molar-refractivity contribution >= 4 is 35.1 Å². The quantitative estimate of drug-likeness (QED) is 0.600. The summed E-state index contributed by atoms with van der Waals surface area (Å²) in [7, 11) is 1.88. The number of carbonyl (C=O) groups excluding carboxylic acids is 1. The Labute approximate surface area is 162 Å². The fourth-order valence-corrected chi connectivity index (χ4v) is 6.30. The minimum atomic E-state index is -0.619. The molecule has 26 heavy (non-hydrogen) atoms. The Morgan fingerprint density at radius 2 is 1.50 bits per heavy atom. The van der Waals surface area contributed by atoms with Crippen molar-refractivity contribution in [2.24, 2.45) is 0 Å². The van der Waals surface area contributed by atoms with Gasteiger partial charge in [0.1, 0.15) is 0 Å². The number of nitrogens with zero attached hydrogens (tertiary/aromatic N) is 1. The van der Waals surface area contributed by atoms with Gasteiger partial charge in [-0.3, -0.25) is 4.79 Å². The summed E-state index contributed by atoms with van der Waals surface area (Å²) in [6.07, 6.45) is 0.676. The molecule has 0 N–H and O–H groups in total. The Kier molecular flexibility index (Phi) is 4.79. The lowest BCUT2D eigenvalue weighted by Gasteiger charge is -2.40. The summed E-state index contributed by atoms with van der Waals surface area (Å²) in [5.74, 6) is 0.138. The number of carbonyl (C=O) groups is 1. The second-order valence-corrected chi connectivity index (χ2v) is 9.24. The molecule has 1 atom stereocenters. The van der Waals surface area contributed by atoms with Gasteiger partial charge in [-0.2, -0.15) is 0 Å². The number of benzene rings is 3. The summed E-state index contributed by atoms with van der Waals surface area (Å²) >= 11 is 3.33. The second kappa shape index (κ2) is 7.22. The predicted molar refractivity (Wildman–Crippen MR) is 111 cm³/mol. The molecule has 1 unspecified atom stereocenters. The number of rotatable bonds is 4. The van der Waals surface area contributed by atoms with Crippen LogP contribution in [0.1, 0.15) is 5.56 Å². The van der Waals surface area contributed by atoms with Crippen LogP contribution in [-0.2, 0) is 11.2 Å². The zero-order chi connectivity index (χ0) is 18.0. The van der Waals surface area contributed by atoms with Crippen LogP contribution in [-0.4, -0.2) is 17.0 Å². The standard InChI is InChI=1S/C22H19NOS2/c1-23-19-14-8-9-15-20(19)26-22(21(23)24,16-17-10-4-2-5-11-17)25-18-12-6-3-7-13-18/h2-15H,16H2,1H3. The van der Waals surface area contributed by atoms with Crippen LogP contribution in [0, 0.1) is 0 Å². The molecule has 0 fully saturated rings. The van der Waals surface area contributed by atoms with Gasteiger partial charge in [-0.1, -0.05) is 84.2 Å². The fourth-order valence-electron chi connectivity index (χ4n) is 3.16. The minimum absolute atomic E-state index is 0.138. The van der Waals surface area contributed by atoms with Crippen molar-refractivity contribution in [2.75, 3.05) is 11.9 Å². The van der Waals surface area contributed by atoms with Gasteiger partial charge in [0.2, 0.25) is 0 Å². The Bertz CT molecular complexity index is 870. The van der Waals surface area contributed by atoms with Gasteiger partial charge >= 0.3 is 0 Å². The summed E-state index contributed by atoms with van der Waals surface area (Å²) in [6.45, 7) is 0. The Balaban J connectivity index is 1.79. The number of hydrogen-bond donors (Lipinski definition) is 0. The molecule has 0 bridgehead atoms. The van der Waals surface area contributed by atoms with Crippen molar-refractivity contribution in [1.82, 2.24) is 0 Å². The number of para-hydroxylation sites is 1. The lowest BCUT2D eigenvalue weighted by Crippen LogP contribution is -2.47. The van der Waals surface area contributed by atoms with Crippen LogP contribution in [0.4, 0.5) is 5.69 Å². The van der Waals surface area contributed by atoms with Gasteiger partial charge in [0, 0.05) is 23.3 Å². The molecule has 0 aromatic heterocycles. The van der Waals surface area contributed by atoms with Crippen LogP contribution >= 0.6 is 23.5 Å². The lowest BCUT2D eigenvalue weighted by atomic mass is 10.1. The summed E-state index contributed by atoms with van der Waals surface area (Å²) in [5.41, 5.74) is 2.16. The lowest BCUT2D eigenvalue weighted by molar-refractivity contribution is -0.118. The van der Waals surface area contributed by atoms with Gasteiger partial charge in [0.25, 0.3) is 5.91 Å². The van der Waals surface area contributed by atoms with E-state index in [1.807, 2.05) is 66.5 Å². The molecule has 0 aliphatic carbocycles. The van der Waals surface area contributed by atoms with Crippen LogP contribution in [0.3, 0.4) is 0 Å². The Morgan fingerprint density at radius 3 is 2.23 bits per heavy atom. The molecule has 3 aromatic carbocycles. The minimum Gasteiger partial charge on any atom is -0.312 e. The monoisotopic (exact) mass is 377 g/mol. The van der Waals surface area contributed by atoms with E-state index in [0.717, 1.165) is 15.5 Å². The van der Waals surface area contributed by atoms with Crippen LogP contribution < -0.4 is 4.90 Å². The van der Waals surface area contributed by atoms with Crippen LogP contribution in [0.2, 0.25) is 0 Å². The normalized spacial score (nSPS) is 19.3. The summed E-state index contributed by atoms with van der Waals surface area (Å²) < 4.78 is -0.619. The van der Waals surface area contributed by atoms with Crippen molar-refractivity contribution < 1.29 is 4.79 Å². The van der Waals surface area contributed by atoms with E-state index in [1.54, 1.807) is 23.5 Å². The van der Waals surface area contributed by atoms with E-state index in [2.05, 4.69) is 30.3 Å². The van der Waals surface area contributed by atoms with Crippen molar-refractivity contribution in [1.29, 1.82) is 0 Å². The van der Waals surface area contributed by atoms with E-state index >= 15 is 0 Å². The molecule has 0 saturated carbocycles. The molecule has 130 valence electrons. The molecule has 3 aromatic rings. The number of hydrogen-bond acceptors (Lipinski definition) is 3. The smallest absolute Gasteiger partial charge is 0.254 e. The molecule has 0 saturated heterocycles. The van der Waals surface area contributed by atoms with E-state index in [4.69, 9.17) is 0 Å². The van der Waals surface area contributed by atoms with E-state index in [9.17, 15) is 4.79 Å². The maximum Gasteiger partial charge on any atom is 0.254 e. The highest BCUT2D eigenvalue weighted by molar-refractivity contribution is 8.19.